The lowest BCUT2D eigenvalue weighted by molar-refractivity contribution is -0.121. The highest BCUT2D eigenvalue weighted by Gasteiger charge is 2.18. The maximum Gasteiger partial charge on any atom is 0.240 e. The third-order valence-corrected chi connectivity index (χ3v) is 6.95. The number of nitrogens with zero attached hydrogens (tertiary/aromatic N) is 2. The number of carbonyl (C=O) groups excluding carboxylic acids is 1. The standard InChI is InChI=1S/C23H26N4O3S/c28-23(24-17-20-8-3-4-9-22(20)27-15-5-13-25-27)12-14-26-31(29,30)21-11-10-18-6-1-2-7-19(18)16-21/h3-5,8-11,13,15-16,26H,1-2,6-7,12,14,17H2,(H,24,28). The van der Waals surface area contributed by atoms with Gasteiger partial charge in [-0.25, -0.2) is 17.8 Å². The number of para-hydroxylation sites is 1. The predicted octanol–water partition coefficient (Wildman–Crippen LogP) is 2.74. The van der Waals surface area contributed by atoms with Crippen LogP contribution in [0.2, 0.25) is 0 Å². The first-order valence-electron chi connectivity index (χ1n) is 10.5. The van der Waals surface area contributed by atoms with Crippen molar-refractivity contribution in [2.24, 2.45) is 0 Å². The number of aromatic nitrogens is 2. The van der Waals surface area contributed by atoms with Crippen molar-refractivity contribution in [1.82, 2.24) is 19.8 Å². The third kappa shape index (κ3) is 5.21. The molecular formula is C23H26N4O3S. The van der Waals surface area contributed by atoms with Gasteiger partial charge in [0.05, 0.1) is 10.6 Å². The quantitative estimate of drug-likeness (QED) is 0.566. The van der Waals surface area contributed by atoms with Crippen molar-refractivity contribution >= 4 is 15.9 Å². The molecule has 0 aliphatic heterocycles. The van der Waals surface area contributed by atoms with Gasteiger partial charge in [-0.2, -0.15) is 5.10 Å². The summed E-state index contributed by atoms with van der Waals surface area (Å²) in [6, 6.07) is 14.8. The van der Waals surface area contributed by atoms with Gasteiger partial charge in [-0.1, -0.05) is 24.3 Å². The number of amides is 1. The summed E-state index contributed by atoms with van der Waals surface area (Å²) in [5.41, 5.74) is 4.16. The molecule has 4 rings (SSSR count). The second-order valence-electron chi connectivity index (χ2n) is 7.64. The number of hydrogen-bond donors (Lipinski definition) is 2. The normalized spacial score (nSPS) is 13.5. The molecule has 3 aromatic rings. The van der Waals surface area contributed by atoms with Crippen molar-refractivity contribution in [3.8, 4) is 5.69 Å². The highest BCUT2D eigenvalue weighted by Crippen LogP contribution is 2.24. The Kier molecular flexibility index (Phi) is 6.48. The smallest absolute Gasteiger partial charge is 0.240 e. The van der Waals surface area contributed by atoms with Crippen molar-refractivity contribution in [3.05, 3.63) is 77.6 Å². The van der Waals surface area contributed by atoms with Gasteiger partial charge in [0, 0.05) is 31.9 Å². The van der Waals surface area contributed by atoms with Crippen molar-refractivity contribution in [3.63, 3.8) is 0 Å². The lowest BCUT2D eigenvalue weighted by Crippen LogP contribution is -2.31. The van der Waals surface area contributed by atoms with Gasteiger partial charge in [0.25, 0.3) is 0 Å². The molecule has 0 saturated carbocycles. The fraction of sp³-hybridized carbons (Fsp3) is 0.304. The maximum atomic E-state index is 12.6. The van der Waals surface area contributed by atoms with Crippen molar-refractivity contribution in [2.45, 2.75) is 43.5 Å². The van der Waals surface area contributed by atoms with Crippen LogP contribution >= 0.6 is 0 Å². The molecule has 2 N–H and O–H groups in total. The Morgan fingerprint density at radius 3 is 2.65 bits per heavy atom. The van der Waals surface area contributed by atoms with Gasteiger partial charge in [0.1, 0.15) is 0 Å². The van der Waals surface area contributed by atoms with E-state index in [4.69, 9.17) is 0 Å². The van der Waals surface area contributed by atoms with E-state index in [1.54, 1.807) is 23.0 Å². The van der Waals surface area contributed by atoms with Gasteiger partial charge < -0.3 is 5.32 Å². The molecule has 0 saturated heterocycles. The van der Waals surface area contributed by atoms with E-state index in [1.807, 2.05) is 42.6 Å². The minimum Gasteiger partial charge on any atom is -0.352 e. The molecule has 162 valence electrons. The summed E-state index contributed by atoms with van der Waals surface area (Å²) in [6.07, 6.45) is 7.77. The number of hydrogen-bond acceptors (Lipinski definition) is 4. The summed E-state index contributed by atoms with van der Waals surface area (Å²) >= 11 is 0. The fourth-order valence-corrected chi connectivity index (χ4v) is 4.92. The van der Waals surface area contributed by atoms with E-state index in [9.17, 15) is 13.2 Å². The minimum absolute atomic E-state index is 0.0477. The van der Waals surface area contributed by atoms with Crippen LogP contribution in [0.5, 0.6) is 0 Å². The van der Waals surface area contributed by atoms with Crippen LogP contribution in [0, 0.1) is 0 Å². The number of carbonyl (C=O) groups is 1. The molecule has 1 amide bonds. The highest BCUT2D eigenvalue weighted by molar-refractivity contribution is 7.89. The highest BCUT2D eigenvalue weighted by atomic mass is 32.2. The maximum absolute atomic E-state index is 12.6. The van der Waals surface area contributed by atoms with E-state index in [0.29, 0.717) is 6.54 Å². The first-order chi connectivity index (χ1) is 15.0. The molecule has 1 aliphatic rings. The summed E-state index contributed by atoms with van der Waals surface area (Å²) in [5, 5.41) is 7.09. The number of rotatable bonds is 8. The zero-order valence-electron chi connectivity index (χ0n) is 17.3. The predicted molar refractivity (Wildman–Crippen MR) is 118 cm³/mol. The van der Waals surface area contributed by atoms with E-state index in [2.05, 4.69) is 15.1 Å². The molecule has 0 spiro atoms. The van der Waals surface area contributed by atoms with E-state index in [0.717, 1.165) is 42.5 Å². The largest absolute Gasteiger partial charge is 0.352 e. The van der Waals surface area contributed by atoms with Gasteiger partial charge in [0.2, 0.25) is 15.9 Å². The van der Waals surface area contributed by atoms with Gasteiger partial charge >= 0.3 is 0 Å². The molecule has 0 bridgehead atoms. The van der Waals surface area contributed by atoms with Crippen LogP contribution in [0.4, 0.5) is 0 Å². The Hall–Kier alpha value is -2.97. The zero-order chi connectivity index (χ0) is 21.7. The summed E-state index contributed by atoms with van der Waals surface area (Å²) in [6.45, 7) is 0.387. The molecule has 1 heterocycles. The Labute approximate surface area is 182 Å². The minimum atomic E-state index is -3.63. The molecular weight excluding hydrogens is 412 g/mol. The average molecular weight is 439 g/mol. The van der Waals surface area contributed by atoms with Crippen LogP contribution in [0.1, 0.15) is 36.0 Å². The first-order valence-corrected chi connectivity index (χ1v) is 12.0. The second kappa shape index (κ2) is 9.45. The molecule has 7 nitrogen and oxygen atoms in total. The van der Waals surface area contributed by atoms with Gasteiger partial charge in [-0.3, -0.25) is 4.79 Å². The van der Waals surface area contributed by atoms with Crippen LogP contribution in [-0.2, 0) is 34.2 Å². The molecule has 0 unspecified atom stereocenters. The van der Waals surface area contributed by atoms with Crippen LogP contribution in [0.15, 0.2) is 65.8 Å². The Bertz CT molecular complexity index is 1160. The number of benzene rings is 2. The van der Waals surface area contributed by atoms with Crippen molar-refractivity contribution < 1.29 is 13.2 Å². The molecule has 0 radical (unpaired) electrons. The SMILES string of the molecule is O=C(CCNS(=O)(=O)c1ccc2c(c1)CCCC2)NCc1ccccc1-n1cccn1. The molecule has 0 fully saturated rings. The van der Waals surface area contributed by atoms with Crippen molar-refractivity contribution in [1.29, 1.82) is 0 Å². The number of nitrogens with one attached hydrogen (secondary N) is 2. The zero-order valence-corrected chi connectivity index (χ0v) is 18.1. The monoisotopic (exact) mass is 438 g/mol. The Morgan fingerprint density at radius 1 is 1.03 bits per heavy atom. The Balaban J connectivity index is 1.30. The van der Waals surface area contributed by atoms with Gasteiger partial charge in [-0.15, -0.1) is 0 Å². The number of sulfonamides is 1. The fourth-order valence-electron chi connectivity index (χ4n) is 3.84. The second-order valence-corrected chi connectivity index (χ2v) is 9.41. The van der Waals surface area contributed by atoms with Crippen molar-refractivity contribution in [2.75, 3.05) is 6.54 Å². The summed E-state index contributed by atoms with van der Waals surface area (Å²) in [7, 11) is -3.63. The van der Waals surface area contributed by atoms with Gasteiger partial charge in [-0.05, 0) is 66.6 Å². The van der Waals surface area contributed by atoms with E-state index < -0.39 is 10.0 Å². The molecule has 1 aromatic heterocycles. The van der Waals surface area contributed by atoms with E-state index >= 15 is 0 Å². The van der Waals surface area contributed by atoms with E-state index in [1.165, 1.54) is 5.56 Å². The average Bonchev–Trinajstić information content (AvgIpc) is 3.32. The molecule has 1 aliphatic carbocycles. The topological polar surface area (TPSA) is 93.1 Å². The molecule has 2 aromatic carbocycles. The summed E-state index contributed by atoms with van der Waals surface area (Å²) in [5.74, 6) is -0.219. The first kappa shape index (κ1) is 21.3. The molecule has 31 heavy (non-hydrogen) atoms. The van der Waals surface area contributed by atoms with Crippen LogP contribution in [-0.4, -0.2) is 30.7 Å². The van der Waals surface area contributed by atoms with Gasteiger partial charge in [0.15, 0.2) is 0 Å². The lowest BCUT2D eigenvalue weighted by atomic mass is 9.92. The Morgan fingerprint density at radius 2 is 1.84 bits per heavy atom. The van der Waals surface area contributed by atoms with E-state index in [-0.39, 0.29) is 23.8 Å². The van der Waals surface area contributed by atoms with Crippen LogP contribution < -0.4 is 10.0 Å². The molecule has 0 atom stereocenters. The summed E-state index contributed by atoms with van der Waals surface area (Å²) < 4.78 is 29.5. The van der Waals surface area contributed by atoms with Crippen LogP contribution in [0.25, 0.3) is 5.69 Å². The number of fused-ring (bicyclic) bond motifs is 1. The van der Waals surface area contributed by atoms with Crippen LogP contribution in [0.3, 0.4) is 0 Å². The number of aryl methyl sites for hydroxylation is 2. The lowest BCUT2D eigenvalue weighted by Gasteiger charge is -2.16. The third-order valence-electron chi connectivity index (χ3n) is 5.49. The summed E-state index contributed by atoms with van der Waals surface area (Å²) in [4.78, 5) is 12.5. The molecule has 8 heteroatoms.